The molecule has 4 heteroatoms. The SMILES string of the molecule is CC(O)CN1C(=O)COc2ccccc21. The van der Waals surface area contributed by atoms with E-state index >= 15 is 0 Å². The van der Waals surface area contributed by atoms with Gasteiger partial charge in [-0.25, -0.2) is 0 Å². The predicted molar refractivity (Wildman–Crippen MR) is 56.0 cm³/mol. The van der Waals surface area contributed by atoms with Crippen LogP contribution in [-0.2, 0) is 4.79 Å². The lowest BCUT2D eigenvalue weighted by atomic mass is 10.2. The van der Waals surface area contributed by atoms with Crippen molar-refractivity contribution in [3.05, 3.63) is 24.3 Å². The third kappa shape index (κ3) is 1.94. The molecule has 2 rings (SSSR count). The van der Waals surface area contributed by atoms with Gasteiger partial charge in [0.05, 0.1) is 18.3 Å². The molecule has 0 aromatic heterocycles. The van der Waals surface area contributed by atoms with Crippen LogP contribution in [0.25, 0.3) is 0 Å². The lowest BCUT2D eigenvalue weighted by Crippen LogP contribution is -2.42. The number of β-amino-alcohol motifs (C(OH)–C–C–N with tert-alkyl or cyclic N) is 1. The van der Waals surface area contributed by atoms with Crippen LogP contribution in [0.2, 0.25) is 0 Å². The number of anilines is 1. The first kappa shape index (κ1) is 9.98. The number of hydrogen-bond donors (Lipinski definition) is 1. The fourth-order valence-electron chi connectivity index (χ4n) is 1.62. The normalized spacial score (nSPS) is 16.9. The summed E-state index contributed by atoms with van der Waals surface area (Å²) in [4.78, 5) is 13.1. The molecule has 0 spiro atoms. The lowest BCUT2D eigenvalue weighted by Gasteiger charge is -2.30. The zero-order chi connectivity index (χ0) is 10.8. The van der Waals surface area contributed by atoms with Crippen LogP contribution in [0.1, 0.15) is 6.92 Å². The molecule has 1 aliphatic rings. The first-order chi connectivity index (χ1) is 7.18. The highest BCUT2D eigenvalue weighted by Gasteiger charge is 2.25. The molecular weight excluding hydrogens is 194 g/mol. The van der Waals surface area contributed by atoms with E-state index in [-0.39, 0.29) is 12.5 Å². The minimum Gasteiger partial charge on any atom is -0.482 e. The van der Waals surface area contributed by atoms with Crippen LogP contribution in [0.15, 0.2) is 24.3 Å². The number of carbonyl (C=O) groups excluding carboxylic acids is 1. The molecule has 0 saturated heterocycles. The molecule has 80 valence electrons. The van der Waals surface area contributed by atoms with Gasteiger partial charge in [-0.1, -0.05) is 12.1 Å². The molecule has 0 radical (unpaired) electrons. The van der Waals surface area contributed by atoms with Crippen molar-refractivity contribution < 1.29 is 14.6 Å². The Hall–Kier alpha value is -1.55. The molecule has 0 fully saturated rings. The van der Waals surface area contributed by atoms with Gasteiger partial charge in [0.15, 0.2) is 6.61 Å². The number of para-hydroxylation sites is 2. The number of fused-ring (bicyclic) bond motifs is 1. The average molecular weight is 207 g/mol. The second kappa shape index (κ2) is 3.90. The number of aliphatic hydroxyl groups excluding tert-OH is 1. The molecule has 0 saturated carbocycles. The lowest BCUT2D eigenvalue weighted by molar-refractivity contribution is -0.121. The zero-order valence-corrected chi connectivity index (χ0v) is 8.51. The molecule has 1 aromatic rings. The fraction of sp³-hybridized carbons (Fsp3) is 0.364. The molecule has 15 heavy (non-hydrogen) atoms. The van der Waals surface area contributed by atoms with Crippen molar-refractivity contribution in [1.82, 2.24) is 0 Å². The second-order valence-electron chi connectivity index (χ2n) is 3.61. The van der Waals surface area contributed by atoms with Crippen LogP contribution >= 0.6 is 0 Å². The highest BCUT2D eigenvalue weighted by molar-refractivity contribution is 5.97. The quantitative estimate of drug-likeness (QED) is 0.780. The summed E-state index contributed by atoms with van der Waals surface area (Å²) in [6, 6.07) is 7.33. The maximum Gasteiger partial charge on any atom is 0.265 e. The van der Waals surface area contributed by atoms with Gasteiger partial charge in [0.25, 0.3) is 5.91 Å². The number of amides is 1. The zero-order valence-electron chi connectivity index (χ0n) is 8.51. The molecule has 1 unspecified atom stereocenters. The van der Waals surface area contributed by atoms with E-state index in [0.717, 1.165) is 5.69 Å². The van der Waals surface area contributed by atoms with Crippen molar-refractivity contribution in [3.63, 3.8) is 0 Å². The third-order valence-electron chi connectivity index (χ3n) is 2.26. The van der Waals surface area contributed by atoms with Crippen molar-refractivity contribution in [2.24, 2.45) is 0 Å². The van der Waals surface area contributed by atoms with E-state index in [2.05, 4.69) is 0 Å². The summed E-state index contributed by atoms with van der Waals surface area (Å²) in [5.41, 5.74) is 0.731. The van der Waals surface area contributed by atoms with Crippen LogP contribution in [0.5, 0.6) is 5.75 Å². The van der Waals surface area contributed by atoms with Gasteiger partial charge in [-0.15, -0.1) is 0 Å². The van der Waals surface area contributed by atoms with Crippen molar-refractivity contribution >= 4 is 11.6 Å². The van der Waals surface area contributed by atoms with E-state index in [1.165, 1.54) is 0 Å². The third-order valence-corrected chi connectivity index (χ3v) is 2.26. The fourth-order valence-corrected chi connectivity index (χ4v) is 1.62. The highest BCUT2D eigenvalue weighted by atomic mass is 16.5. The number of benzene rings is 1. The van der Waals surface area contributed by atoms with E-state index in [1.807, 2.05) is 24.3 Å². The Labute approximate surface area is 88.1 Å². The number of aliphatic hydroxyl groups is 1. The van der Waals surface area contributed by atoms with Gasteiger partial charge in [-0.05, 0) is 19.1 Å². The van der Waals surface area contributed by atoms with Crippen LogP contribution in [0.3, 0.4) is 0 Å². The molecule has 4 nitrogen and oxygen atoms in total. The van der Waals surface area contributed by atoms with Crippen molar-refractivity contribution in [2.45, 2.75) is 13.0 Å². The van der Waals surface area contributed by atoms with E-state index in [4.69, 9.17) is 4.74 Å². The van der Waals surface area contributed by atoms with E-state index in [1.54, 1.807) is 11.8 Å². The van der Waals surface area contributed by atoms with Crippen molar-refractivity contribution in [1.29, 1.82) is 0 Å². The predicted octanol–water partition coefficient (Wildman–Crippen LogP) is 0.793. The monoisotopic (exact) mass is 207 g/mol. The second-order valence-corrected chi connectivity index (χ2v) is 3.61. The van der Waals surface area contributed by atoms with Gasteiger partial charge in [0, 0.05) is 0 Å². The Bertz CT molecular complexity index is 376. The first-order valence-electron chi connectivity index (χ1n) is 4.89. The molecule has 1 N–H and O–H groups in total. The molecular formula is C11H13NO3. The van der Waals surface area contributed by atoms with Gasteiger partial charge in [0.1, 0.15) is 5.75 Å². The highest BCUT2D eigenvalue weighted by Crippen LogP contribution is 2.31. The first-order valence-corrected chi connectivity index (χ1v) is 4.89. The largest absolute Gasteiger partial charge is 0.482 e. The summed E-state index contributed by atoms with van der Waals surface area (Å²) in [5, 5.41) is 9.31. The van der Waals surface area contributed by atoms with Gasteiger partial charge < -0.3 is 14.7 Å². The summed E-state index contributed by atoms with van der Waals surface area (Å²) in [5.74, 6) is 0.576. The maximum absolute atomic E-state index is 11.6. The number of hydrogen-bond acceptors (Lipinski definition) is 3. The average Bonchev–Trinajstić information content (AvgIpc) is 2.22. The smallest absolute Gasteiger partial charge is 0.265 e. The Morgan fingerprint density at radius 1 is 1.53 bits per heavy atom. The molecule has 1 aromatic carbocycles. The minimum absolute atomic E-state index is 0.0454. The topological polar surface area (TPSA) is 49.8 Å². The van der Waals surface area contributed by atoms with Crippen molar-refractivity contribution in [3.8, 4) is 5.75 Å². The summed E-state index contributed by atoms with van der Waals surface area (Å²) in [6.07, 6.45) is -0.542. The number of carbonyl (C=O) groups is 1. The van der Waals surface area contributed by atoms with Gasteiger partial charge in [-0.2, -0.15) is 0 Å². The van der Waals surface area contributed by atoms with Gasteiger partial charge in [0.2, 0.25) is 0 Å². The van der Waals surface area contributed by atoms with E-state index in [9.17, 15) is 9.90 Å². The van der Waals surface area contributed by atoms with Crippen LogP contribution in [0.4, 0.5) is 5.69 Å². The summed E-state index contributed by atoms with van der Waals surface area (Å²) in [7, 11) is 0. The molecule has 1 heterocycles. The Balaban J connectivity index is 2.33. The summed E-state index contributed by atoms with van der Waals surface area (Å²) < 4.78 is 5.27. The standard InChI is InChI=1S/C11H13NO3/c1-8(13)6-12-9-4-2-3-5-10(9)15-7-11(12)14/h2-5,8,13H,6-7H2,1H3. The number of nitrogens with zero attached hydrogens (tertiary/aromatic N) is 1. The molecule has 1 aliphatic heterocycles. The summed E-state index contributed by atoms with van der Waals surface area (Å²) in [6.45, 7) is 2.01. The summed E-state index contributed by atoms with van der Waals surface area (Å²) >= 11 is 0. The van der Waals surface area contributed by atoms with Crippen LogP contribution in [0, 0.1) is 0 Å². The van der Waals surface area contributed by atoms with E-state index < -0.39 is 6.10 Å². The number of rotatable bonds is 2. The van der Waals surface area contributed by atoms with Gasteiger partial charge >= 0.3 is 0 Å². The maximum atomic E-state index is 11.6. The Morgan fingerprint density at radius 3 is 3.00 bits per heavy atom. The Kier molecular flexibility index (Phi) is 2.60. The van der Waals surface area contributed by atoms with Crippen LogP contribution < -0.4 is 9.64 Å². The number of ether oxygens (including phenoxy) is 1. The molecule has 0 bridgehead atoms. The van der Waals surface area contributed by atoms with Gasteiger partial charge in [-0.3, -0.25) is 4.79 Å². The molecule has 1 amide bonds. The molecule has 1 atom stereocenters. The Morgan fingerprint density at radius 2 is 2.27 bits per heavy atom. The van der Waals surface area contributed by atoms with E-state index in [0.29, 0.717) is 12.3 Å². The van der Waals surface area contributed by atoms with Crippen molar-refractivity contribution in [2.75, 3.05) is 18.1 Å². The van der Waals surface area contributed by atoms with Crippen LogP contribution in [-0.4, -0.2) is 30.3 Å². The molecule has 0 aliphatic carbocycles. The minimum atomic E-state index is -0.542.